The molecule has 0 radical (unpaired) electrons. The second-order valence-corrected chi connectivity index (χ2v) is 15.8. The Morgan fingerprint density at radius 1 is 0.549 bits per heavy atom. The van der Waals surface area contributed by atoms with Crippen molar-refractivity contribution in [1.82, 2.24) is 20.7 Å². The van der Waals surface area contributed by atoms with Crippen LogP contribution < -0.4 is 55.9 Å². The number of halogens is 5. The molecular formula is C28H37I5N12O6. The van der Waals surface area contributed by atoms with Crippen molar-refractivity contribution < 1.29 is 28.8 Å². The van der Waals surface area contributed by atoms with Crippen LogP contribution in [0, 0.1) is 24.8 Å². The van der Waals surface area contributed by atoms with Crippen LogP contribution in [0.25, 0.3) is 0 Å². The van der Waals surface area contributed by atoms with Gasteiger partial charge in [-0.25, -0.2) is 11.7 Å². The average Bonchev–Trinajstić information content (AvgIpc) is 3.06. The van der Waals surface area contributed by atoms with Crippen LogP contribution in [-0.2, 0) is 9.59 Å². The smallest absolute Gasteiger partial charge is 0.270 e. The first-order valence-electron chi connectivity index (χ1n) is 14.8. The minimum Gasteiger partial charge on any atom is -0.351 e. The standard InChI is InChI=1S/C28H37I5N12O6/c1-11-14(27(50)44(38)8-4-36)18(29)17(28(51)45(39)9-5-37)22(33)23(11)42-12(46)10-13(47)43-24-20(31)15(25(48)40-6-2-34)19(30)16(21(24)32)26(49)41-7-3-35/h2-10,34-39H2,1H3,(H,40,48)(H,41,49)(H,42,46)(H,43,47). The van der Waals surface area contributed by atoms with Gasteiger partial charge in [-0.15, -0.1) is 0 Å². The molecule has 0 aliphatic carbocycles. The highest BCUT2D eigenvalue weighted by Gasteiger charge is 2.32. The van der Waals surface area contributed by atoms with Crippen LogP contribution in [0.1, 0.15) is 53.4 Å². The first-order valence-corrected chi connectivity index (χ1v) is 20.2. The van der Waals surface area contributed by atoms with E-state index in [1.165, 1.54) is 0 Å². The van der Waals surface area contributed by atoms with Crippen molar-refractivity contribution in [3.05, 3.63) is 45.7 Å². The predicted molar refractivity (Wildman–Crippen MR) is 234 cm³/mol. The van der Waals surface area contributed by atoms with Crippen LogP contribution in [0.15, 0.2) is 0 Å². The van der Waals surface area contributed by atoms with Gasteiger partial charge in [0.05, 0.1) is 44.3 Å². The first-order chi connectivity index (χ1) is 24.0. The molecule has 0 saturated heterocycles. The largest absolute Gasteiger partial charge is 0.351 e. The minimum atomic E-state index is -0.804. The molecule has 51 heavy (non-hydrogen) atoms. The summed E-state index contributed by atoms with van der Waals surface area (Å²) in [4.78, 5) is 80.1. The fraction of sp³-hybridized carbons (Fsp3) is 0.357. The quantitative estimate of drug-likeness (QED) is 0.0347. The molecule has 2 aromatic carbocycles. The van der Waals surface area contributed by atoms with Gasteiger partial charge in [0.15, 0.2) is 0 Å². The number of carbonyl (C=O) groups is 6. The van der Waals surface area contributed by atoms with Crippen molar-refractivity contribution in [3.63, 3.8) is 0 Å². The fourth-order valence-electron chi connectivity index (χ4n) is 4.39. The number of anilines is 2. The monoisotopic (exact) mass is 1270 g/mol. The van der Waals surface area contributed by atoms with Crippen LogP contribution >= 0.6 is 113 Å². The fourth-order valence-corrected chi connectivity index (χ4v) is 11.5. The number of hydrazine groups is 2. The summed E-state index contributed by atoms with van der Waals surface area (Å²) in [5, 5.41) is 12.5. The third-order valence-corrected chi connectivity index (χ3v) is 12.2. The molecular weight excluding hydrogens is 1230 g/mol. The van der Waals surface area contributed by atoms with Gasteiger partial charge in [-0.3, -0.25) is 38.8 Å². The summed E-state index contributed by atoms with van der Waals surface area (Å²) < 4.78 is 1.47. The molecule has 0 aromatic heterocycles. The number of hydrogen-bond acceptors (Lipinski definition) is 12. The van der Waals surface area contributed by atoms with Gasteiger partial charge in [0, 0.05) is 59.5 Å². The molecule has 0 aliphatic heterocycles. The van der Waals surface area contributed by atoms with Gasteiger partial charge >= 0.3 is 0 Å². The second-order valence-electron chi connectivity index (χ2n) is 10.4. The minimum absolute atomic E-state index is 0.00310. The Bertz CT molecular complexity index is 1620. The summed E-state index contributed by atoms with van der Waals surface area (Å²) in [6.45, 7) is 2.37. The molecule has 0 aliphatic rings. The van der Waals surface area contributed by atoms with Crippen molar-refractivity contribution >= 4 is 160 Å². The Morgan fingerprint density at radius 2 is 0.922 bits per heavy atom. The van der Waals surface area contributed by atoms with Crippen LogP contribution in [0.2, 0.25) is 0 Å². The van der Waals surface area contributed by atoms with E-state index in [-0.39, 0.29) is 98.7 Å². The zero-order valence-electron chi connectivity index (χ0n) is 27.1. The Hall–Kier alpha value is -1.33. The van der Waals surface area contributed by atoms with Gasteiger partial charge in [-0.1, -0.05) is 0 Å². The summed E-state index contributed by atoms with van der Waals surface area (Å²) in [6.07, 6.45) is -0.734. The molecule has 18 nitrogen and oxygen atoms in total. The number of rotatable bonds is 16. The van der Waals surface area contributed by atoms with Gasteiger partial charge in [0.25, 0.3) is 23.6 Å². The van der Waals surface area contributed by atoms with Gasteiger partial charge in [0.2, 0.25) is 11.8 Å². The number of nitrogens with zero attached hydrogens (tertiary/aromatic N) is 2. The number of carbonyl (C=O) groups excluding carboxylic acids is 6. The summed E-state index contributed by atoms with van der Waals surface area (Å²) >= 11 is 9.37. The van der Waals surface area contributed by atoms with Crippen molar-refractivity contribution in [2.75, 3.05) is 63.0 Å². The van der Waals surface area contributed by atoms with E-state index in [0.29, 0.717) is 10.7 Å². The lowest BCUT2D eigenvalue weighted by Crippen LogP contribution is -2.43. The summed E-state index contributed by atoms with van der Waals surface area (Å²) in [5.41, 5.74) is 23.1. The van der Waals surface area contributed by atoms with E-state index in [0.717, 1.165) is 10.0 Å². The molecule has 280 valence electrons. The maximum absolute atomic E-state index is 13.4. The molecule has 0 atom stereocenters. The third-order valence-electron chi connectivity index (χ3n) is 6.80. The third kappa shape index (κ3) is 11.3. The number of nitrogens with one attached hydrogen (secondary N) is 4. The predicted octanol–water partition coefficient (Wildman–Crippen LogP) is -0.0885. The van der Waals surface area contributed by atoms with Crippen molar-refractivity contribution in [1.29, 1.82) is 0 Å². The van der Waals surface area contributed by atoms with E-state index in [4.69, 9.17) is 34.6 Å². The molecule has 2 aromatic rings. The lowest BCUT2D eigenvalue weighted by atomic mass is 10.0. The zero-order chi connectivity index (χ0) is 38.7. The highest BCUT2D eigenvalue weighted by atomic mass is 127. The number of amides is 6. The van der Waals surface area contributed by atoms with Crippen LogP contribution in [0.3, 0.4) is 0 Å². The van der Waals surface area contributed by atoms with E-state index >= 15 is 0 Å². The molecule has 2 rings (SSSR count). The first kappa shape index (κ1) is 45.8. The molecule has 6 amide bonds. The van der Waals surface area contributed by atoms with E-state index in [2.05, 4.69) is 21.3 Å². The number of nitrogens with two attached hydrogens (primary N) is 6. The van der Waals surface area contributed by atoms with Gasteiger partial charge in [-0.05, 0) is 125 Å². The van der Waals surface area contributed by atoms with Crippen molar-refractivity contribution in [3.8, 4) is 0 Å². The summed E-state index contributed by atoms with van der Waals surface area (Å²) in [5.74, 6) is 7.96. The van der Waals surface area contributed by atoms with Crippen molar-refractivity contribution in [2.24, 2.45) is 34.6 Å². The van der Waals surface area contributed by atoms with Gasteiger partial charge in [-0.2, -0.15) is 0 Å². The van der Waals surface area contributed by atoms with Crippen molar-refractivity contribution in [2.45, 2.75) is 13.3 Å². The second kappa shape index (κ2) is 21.5. The maximum Gasteiger partial charge on any atom is 0.270 e. The Balaban J connectivity index is 2.60. The summed E-state index contributed by atoms with van der Waals surface area (Å²) in [6, 6.07) is 0. The molecule has 0 unspecified atom stereocenters. The topological polar surface area (TPSA) is 313 Å². The summed E-state index contributed by atoms with van der Waals surface area (Å²) in [7, 11) is 0. The maximum atomic E-state index is 13.4. The lowest BCUT2D eigenvalue weighted by Gasteiger charge is -2.25. The molecule has 23 heteroatoms. The average molecular weight is 1270 g/mol. The molecule has 0 fully saturated rings. The Kier molecular flexibility index (Phi) is 19.3. The van der Waals surface area contributed by atoms with E-state index in [1.54, 1.807) is 6.92 Å². The molecule has 0 bridgehead atoms. The molecule has 0 heterocycles. The van der Waals surface area contributed by atoms with E-state index in [1.807, 2.05) is 113 Å². The normalized spacial score (nSPS) is 10.7. The lowest BCUT2D eigenvalue weighted by molar-refractivity contribution is -0.123. The zero-order valence-corrected chi connectivity index (χ0v) is 37.8. The molecule has 16 N–H and O–H groups in total. The molecule has 0 spiro atoms. The number of benzene rings is 2. The van der Waals surface area contributed by atoms with Gasteiger partial charge < -0.3 is 44.2 Å². The van der Waals surface area contributed by atoms with Gasteiger partial charge in [0.1, 0.15) is 6.42 Å². The van der Waals surface area contributed by atoms with Crippen LogP contribution in [0.4, 0.5) is 11.4 Å². The SMILES string of the molecule is Cc1c(NC(=O)CC(=O)Nc2c(I)c(C(=O)NCCN)c(I)c(C(=O)NCCN)c2I)c(I)c(C(=O)N(N)CCN)c(I)c1C(=O)N(N)CCN. The Morgan fingerprint density at radius 3 is 1.33 bits per heavy atom. The highest BCUT2D eigenvalue weighted by molar-refractivity contribution is 14.1. The highest BCUT2D eigenvalue weighted by Crippen LogP contribution is 2.37. The Labute approximate surface area is 361 Å². The molecule has 0 saturated carbocycles. The van der Waals surface area contributed by atoms with Crippen LogP contribution in [-0.4, -0.2) is 97.8 Å². The van der Waals surface area contributed by atoms with Crippen LogP contribution in [0.5, 0.6) is 0 Å². The van der Waals surface area contributed by atoms with E-state index < -0.39 is 41.9 Å². The van der Waals surface area contributed by atoms with E-state index in [9.17, 15) is 28.8 Å². The number of hydrogen-bond donors (Lipinski definition) is 10.